The number of hydrogen-bond donors (Lipinski definition) is 2. The van der Waals surface area contributed by atoms with Gasteiger partial charge in [0, 0.05) is 24.7 Å². The summed E-state index contributed by atoms with van der Waals surface area (Å²) in [7, 11) is 0. The lowest BCUT2D eigenvalue weighted by molar-refractivity contribution is -0.437. The van der Waals surface area contributed by atoms with Crippen molar-refractivity contribution < 1.29 is 48.2 Å². The van der Waals surface area contributed by atoms with Crippen LogP contribution in [0.5, 0.6) is 0 Å². The first kappa shape index (κ1) is 47.2. The Balaban J connectivity index is 1.07. The van der Waals surface area contributed by atoms with Crippen molar-refractivity contribution in [2.45, 2.75) is 229 Å². The highest BCUT2D eigenvalue weighted by Gasteiger charge is 2.90. The lowest BCUT2D eigenvalue weighted by atomic mass is 9.52. The second-order valence-corrected chi connectivity index (χ2v) is 21.4. The zero-order valence-corrected chi connectivity index (χ0v) is 39.3. The number of ether oxygens (including phenoxy) is 6. The summed E-state index contributed by atoms with van der Waals surface area (Å²) < 4.78 is 41.4. The van der Waals surface area contributed by atoms with Crippen LogP contribution in [-0.2, 0) is 33.2 Å². The first-order valence-electron chi connectivity index (χ1n) is 25.6. The predicted octanol–water partition coefficient (Wildman–Crippen LogP) is 10.6. The number of epoxide rings is 1. The van der Waals surface area contributed by atoms with Crippen molar-refractivity contribution in [3.63, 3.8) is 0 Å². The van der Waals surface area contributed by atoms with Gasteiger partial charge in [0.1, 0.15) is 42.2 Å². The summed E-state index contributed by atoms with van der Waals surface area (Å²) in [6.45, 7) is 15.0. The molecule has 10 heteroatoms. The molecular weight excluding hydrogens is 797 g/mol. The van der Waals surface area contributed by atoms with Crippen LogP contribution in [0.2, 0.25) is 0 Å². The molecular formula is C53H80O10. The summed E-state index contributed by atoms with van der Waals surface area (Å²) in [5, 5.41) is 27.2. The summed E-state index contributed by atoms with van der Waals surface area (Å²) in [5.41, 5.74) is -4.35. The molecule has 1 aromatic carbocycles. The van der Waals surface area contributed by atoms with Crippen molar-refractivity contribution in [2.24, 2.45) is 35.5 Å². The molecule has 2 spiro atoms. The molecule has 8 rings (SSSR count). The number of esters is 2. The molecule has 4 heterocycles. The van der Waals surface area contributed by atoms with Crippen LogP contribution in [0, 0.1) is 35.5 Å². The lowest BCUT2D eigenvalue weighted by Crippen LogP contribution is -2.73. The van der Waals surface area contributed by atoms with Crippen LogP contribution in [0.1, 0.15) is 186 Å². The highest BCUT2D eigenvalue weighted by molar-refractivity contribution is 5.89. The number of fused-ring (bicyclic) bond motifs is 1. The van der Waals surface area contributed by atoms with Crippen molar-refractivity contribution >= 4 is 11.9 Å². The summed E-state index contributed by atoms with van der Waals surface area (Å²) >= 11 is 0. The molecule has 3 bridgehead atoms. The Labute approximate surface area is 377 Å². The first-order valence-corrected chi connectivity index (χ1v) is 25.6. The van der Waals surface area contributed by atoms with Gasteiger partial charge in [-0.15, -0.1) is 0 Å². The maximum atomic E-state index is 14.1. The van der Waals surface area contributed by atoms with Gasteiger partial charge in [-0.2, -0.15) is 0 Å². The van der Waals surface area contributed by atoms with Crippen LogP contribution in [0.3, 0.4) is 0 Å². The first-order chi connectivity index (χ1) is 30.3. The third-order valence-electron chi connectivity index (χ3n) is 17.3. The molecule has 15 atom stereocenters. The number of carbonyl (C=O) groups excluding carboxylic acids is 2. The van der Waals surface area contributed by atoms with Crippen LogP contribution in [0.15, 0.2) is 42.5 Å². The Morgan fingerprint density at radius 2 is 1.46 bits per heavy atom. The van der Waals surface area contributed by atoms with Crippen molar-refractivity contribution in [3.05, 3.63) is 48.0 Å². The number of aliphatic hydroxyl groups is 2. The Hall–Kier alpha value is -2.34. The average molecular weight is 877 g/mol. The number of aliphatic hydroxyl groups excluding tert-OH is 1. The third-order valence-corrected chi connectivity index (χ3v) is 17.3. The molecule has 63 heavy (non-hydrogen) atoms. The van der Waals surface area contributed by atoms with Gasteiger partial charge in [-0.1, -0.05) is 162 Å². The van der Waals surface area contributed by atoms with Gasteiger partial charge in [0.05, 0.1) is 11.2 Å². The number of carbonyl (C=O) groups is 2. The molecule has 4 saturated heterocycles. The van der Waals surface area contributed by atoms with E-state index in [0.29, 0.717) is 18.4 Å². The van der Waals surface area contributed by atoms with Gasteiger partial charge in [-0.05, 0) is 67.6 Å². The van der Waals surface area contributed by atoms with Gasteiger partial charge in [-0.25, -0.2) is 4.79 Å². The molecule has 7 aliphatic rings. The normalized spacial score (nSPS) is 42.3. The minimum Gasteiger partial charge on any atom is -0.462 e. The van der Waals surface area contributed by atoms with E-state index in [9.17, 15) is 19.8 Å². The topological polar surface area (TPSA) is 133 Å². The minimum absolute atomic E-state index is 0.0883. The van der Waals surface area contributed by atoms with Gasteiger partial charge in [0.15, 0.2) is 5.60 Å². The Morgan fingerprint density at radius 3 is 2.13 bits per heavy atom. The van der Waals surface area contributed by atoms with E-state index >= 15 is 0 Å². The molecule has 0 amide bonds. The summed E-state index contributed by atoms with van der Waals surface area (Å²) in [6, 6.07) is 8.84. The molecule has 7 fully saturated rings. The molecule has 4 aliphatic heterocycles. The maximum Gasteiger partial charge on any atom is 0.338 e. The number of hydrogen-bond acceptors (Lipinski definition) is 10. The zero-order valence-electron chi connectivity index (χ0n) is 39.3. The van der Waals surface area contributed by atoms with E-state index in [1.165, 1.54) is 64.2 Å². The third kappa shape index (κ3) is 8.29. The summed E-state index contributed by atoms with van der Waals surface area (Å²) in [5.74, 6) is -4.23. The van der Waals surface area contributed by atoms with Gasteiger partial charge in [-0.3, -0.25) is 4.79 Å². The van der Waals surface area contributed by atoms with E-state index in [-0.39, 0.29) is 42.7 Å². The molecule has 0 radical (unpaired) electrons. The van der Waals surface area contributed by atoms with Crippen molar-refractivity contribution in [1.29, 1.82) is 0 Å². The number of unbranched alkanes of at least 4 members (excludes halogenated alkanes) is 12. The zero-order chi connectivity index (χ0) is 44.6. The van der Waals surface area contributed by atoms with Crippen LogP contribution >= 0.6 is 0 Å². The van der Waals surface area contributed by atoms with E-state index in [0.717, 1.165) is 63.4 Å². The smallest absolute Gasteiger partial charge is 0.338 e. The fraction of sp³-hybridized carbons (Fsp3) is 0.811. The molecule has 2 N–H and O–H groups in total. The fourth-order valence-corrected chi connectivity index (χ4v) is 14.1. The summed E-state index contributed by atoms with van der Waals surface area (Å²) in [6.07, 6.45) is 19.1. The molecule has 10 nitrogen and oxygen atoms in total. The molecule has 3 aliphatic carbocycles. The van der Waals surface area contributed by atoms with Gasteiger partial charge in [0.25, 0.3) is 5.97 Å². The van der Waals surface area contributed by atoms with Crippen LogP contribution in [-0.4, -0.2) is 81.6 Å². The van der Waals surface area contributed by atoms with E-state index < -0.39 is 70.6 Å². The lowest BCUT2D eigenvalue weighted by Gasteiger charge is -2.61. The maximum absolute atomic E-state index is 14.1. The molecule has 15 unspecified atom stereocenters. The monoisotopic (exact) mass is 877 g/mol. The average Bonchev–Trinajstić information content (AvgIpc) is 3.89. The largest absolute Gasteiger partial charge is 0.462 e. The van der Waals surface area contributed by atoms with Crippen molar-refractivity contribution in [1.82, 2.24) is 0 Å². The predicted molar refractivity (Wildman–Crippen MR) is 240 cm³/mol. The number of rotatable bonds is 19. The molecule has 0 aromatic heterocycles. The van der Waals surface area contributed by atoms with Gasteiger partial charge < -0.3 is 38.6 Å². The Morgan fingerprint density at radius 1 is 0.825 bits per heavy atom. The van der Waals surface area contributed by atoms with Gasteiger partial charge >= 0.3 is 11.9 Å². The van der Waals surface area contributed by atoms with E-state index in [1.54, 1.807) is 24.3 Å². The highest BCUT2D eigenvalue weighted by Crippen LogP contribution is 2.75. The van der Waals surface area contributed by atoms with Crippen LogP contribution in [0.4, 0.5) is 0 Å². The quantitative estimate of drug-likeness (QED) is 0.0599. The van der Waals surface area contributed by atoms with E-state index in [2.05, 4.69) is 34.3 Å². The van der Waals surface area contributed by atoms with Crippen molar-refractivity contribution in [3.8, 4) is 0 Å². The fourth-order valence-electron chi connectivity index (χ4n) is 14.1. The second-order valence-electron chi connectivity index (χ2n) is 21.4. The Bertz CT molecular complexity index is 1750. The summed E-state index contributed by atoms with van der Waals surface area (Å²) in [4.78, 5) is 27.7. The SMILES string of the molecule is C=C(C)C12CC(C)C34OC5(CCCCCCCC(C)C6C(C)C(OC(=O)c7ccccc7)C(O)(C(O)C7(COC(=O)CCCCCCCCCCCCCCC)OC7C3C1O5)C64)O2. The van der Waals surface area contributed by atoms with E-state index in [4.69, 9.17) is 28.4 Å². The van der Waals surface area contributed by atoms with Crippen LogP contribution in [0.25, 0.3) is 0 Å². The van der Waals surface area contributed by atoms with E-state index in [1.807, 2.05) is 13.0 Å². The Kier molecular flexibility index (Phi) is 14.3. The van der Waals surface area contributed by atoms with Crippen LogP contribution < -0.4 is 0 Å². The standard InChI is InChI=1S/C53H80O10/c1-7-8-9-10-11-12-13-14-15-16-17-20-26-31-40(54)58-34-50-46(60-50)42-45-49(35(2)3)33-37(5)53(42)43-41(36(4)28-23-19-18-21-27-32-51(61-45,62-49)63-53)38(6)44(52(43,57)48(50)56)59-47(55)39-29-24-22-25-30-39/h22,24-25,29-30,36-38,41-46,48,56-57H,2,7-21,23,26-28,31-34H2,1,3-6H3. The van der Waals surface area contributed by atoms with Crippen molar-refractivity contribution in [2.75, 3.05) is 6.61 Å². The van der Waals surface area contributed by atoms with Gasteiger partial charge in [0.2, 0.25) is 0 Å². The molecule has 1 aromatic rings. The second kappa shape index (κ2) is 19.1. The molecule has 3 saturated carbocycles. The minimum atomic E-state index is -2.05. The molecule has 352 valence electrons. The number of benzene rings is 1. The highest BCUT2D eigenvalue weighted by atomic mass is 16.9.